The molecule has 0 aromatic carbocycles. The summed E-state index contributed by atoms with van der Waals surface area (Å²) in [5, 5.41) is 5.10. The predicted molar refractivity (Wildman–Crippen MR) is 36.4 cm³/mol. The van der Waals surface area contributed by atoms with Crippen molar-refractivity contribution in [3.63, 3.8) is 0 Å². The molecular formula is C5H12FN3O. The normalized spacial score (nSPS) is 9.30. The molecule has 0 bridgehead atoms. The first-order valence-corrected chi connectivity index (χ1v) is 3.07. The van der Waals surface area contributed by atoms with Crippen LogP contribution in [0.5, 0.6) is 0 Å². The van der Waals surface area contributed by atoms with Crippen molar-refractivity contribution in [3.8, 4) is 0 Å². The molecule has 4 nitrogen and oxygen atoms in total. The fraction of sp³-hybridized carbons (Fsp3) is 0.800. The Bertz CT molecular complexity index is 98.9. The van der Waals surface area contributed by atoms with E-state index in [1.807, 2.05) is 0 Å². The molecule has 60 valence electrons. The van der Waals surface area contributed by atoms with E-state index in [0.717, 1.165) is 0 Å². The summed E-state index contributed by atoms with van der Waals surface area (Å²) in [4.78, 5) is 10.0. The Morgan fingerprint density at radius 3 is 2.60 bits per heavy atom. The van der Waals surface area contributed by atoms with Crippen LogP contribution in [0.25, 0.3) is 0 Å². The van der Waals surface area contributed by atoms with Crippen LogP contribution in [0.15, 0.2) is 0 Å². The number of halogens is 1. The minimum atomic E-state index is -0.554. The monoisotopic (exact) mass is 149 g/mol. The lowest BCUT2D eigenvalue weighted by Crippen LogP contribution is -2.35. The number of carbonyl (C=O) groups is 1. The Morgan fingerprint density at radius 1 is 1.40 bits per heavy atom. The second kappa shape index (κ2) is 6.28. The molecule has 4 N–H and O–H groups in total. The first-order chi connectivity index (χ1) is 4.77. The number of primary amides is 1. The highest BCUT2D eigenvalue weighted by Crippen LogP contribution is 1.62. The Kier molecular flexibility index (Phi) is 5.75. The molecule has 0 aromatic rings. The zero-order valence-corrected chi connectivity index (χ0v) is 5.69. The highest BCUT2D eigenvalue weighted by Gasteiger charge is 1.88. The van der Waals surface area contributed by atoms with Crippen LogP contribution in [0.3, 0.4) is 0 Å². The van der Waals surface area contributed by atoms with Gasteiger partial charge in [0, 0.05) is 19.6 Å². The molecule has 0 unspecified atom stereocenters. The standard InChI is InChI=1S/C5H12FN3O/c6-1-2-8-3-4-9-5(7)10/h8H,1-4H2,(H3,7,9,10). The van der Waals surface area contributed by atoms with E-state index >= 15 is 0 Å². The highest BCUT2D eigenvalue weighted by atomic mass is 19.1. The van der Waals surface area contributed by atoms with Crippen LogP contribution < -0.4 is 16.4 Å². The predicted octanol–water partition coefficient (Wildman–Crippen LogP) is -0.786. The van der Waals surface area contributed by atoms with E-state index < -0.39 is 12.7 Å². The highest BCUT2D eigenvalue weighted by molar-refractivity contribution is 5.71. The average molecular weight is 149 g/mol. The van der Waals surface area contributed by atoms with Gasteiger partial charge in [0.25, 0.3) is 0 Å². The first-order valence-electron chi connectivity index (χ1n) is 3.07. The van der Waals surface area contributed by atoms with Crippen LogP contribution in [-0.2, 0) is 0 Å². The number of nitrogens with one attached hydrogen (secondary N) is 2. The number of rotatable bonds is 5. The molecule has 0 aromatic heterocycles. The van der Waals surface area contributed by atoms with Crippen molar-refractivity contribution in [3.05, 3.63) is 0 Å². The third-order valence-corrected chi connectivity index (χ3v) is 0.872. The van der Waals surface area contributed by atoms with Crippen LogP contribution in [0.2, 0.25) is 0 Å². The fourth-order valence-corrected chi connectivity index (χ4v) is 0.466. The molecule has 0 rings (SSSR count). The Labute approximate surface area is 59.0 Å². The lowest BCUT2D eigenvalue weighted by atomic mass is 10.6. The van der Waals surface area contributed by atoms with Gasteiger partial charge in [0.1, 0.15) is 6.67 Å². The van der Waals surface area contributed by atoms with Gasteiger partial charge in [-0.25, -0.2) is 9.18 Å². The zero-order chi connectivity index (χ0) is 7.82. The van der Waals surface area contributed by atoms with Crippen molar-refractivity contribution in [1.82, 2.24) is 10.6 Å². The van der Waals surface area contributed by atoms with Crippen LogP contribution in [0.1, 0.15) is 0 Å². The molecule has 0 saturated carbocycles. The van der Waals surface area contributed by atoms with Gasteiger partial charge in [-0.3, -0.25) is 0 Å². The number of alkyl halides is 1. The van der Waals surface area contributed by atoms with E-state index in [1.54, 1.807) is 0 Å². The zero-order valence-electron chi connectivity index (χ0n) is 5.69. The lowest BCUT2D eigenvalue weighted by Gasteiger charge is -2.01. The van der Waals surface area contributed by atoms with Crippen LogP contribution >= 0.6 is 0 Å². The van der Waals surface area contributed by atoms with Gasteiger partial charge in [0.15, 0.2) is 0 Å². The lowest BCUT2D eigenvalue weighted by molar-refractivity contribution is 0.249. The van der Waals surface area contributed by atoms with Crippen molar-refractivity contribution in [1.29, 1.82) is 0 Å². The van der Waals surface area contributed by atoms with E-state index in [0.29, 0.717) is 19.6 Å². The Balaban J connectivity index is 2.84. The minimum Gasteiger partial charge on any atom is -0.352 e. The molecule has 0 atom stereocenters. The molecule has 0 radical (unpaired) electrons. The third kappa shape index (κ3) is 7.16. The Hall–Kier alpha value is -0.840. The number of carbonyl (C=O) groups excluding carboxylic acids is 1. The fourth-order valence-electron chi connectivity index (χ4n) is 0.466. The van der Waals surface area contributed by atoms with Crippen molar-refractivity contribution in [2.24, 2.45) is 5.73 Å². The second-order valence-electron chi connectivity index (χ2n) is 1.73. The summed E-state index contributed by atoms with van der Waals surface area (Å²) >= 11 is 0. The van der Waals surface area contributed by atoms with Gasteiger partial charge in [-0.2, -0.15) is 0 Å². The molecule has 0 fully saturated rings. The van der Waals surface area contributed by atoms with Crippen LogP contribution in [0.4, 0.5) is 9.18 Å². The summed E-state index contributed by atoms with van der Waals surface area (Å²) in [6, 6.07) is -0.554. The van der Waals surface area contributed by atoms with Crippen molar-refractivity contribution in [2.45, 2.75) is 0 Å². The van der Waals surface area contributed by atoms with E-state index in [1.165, 1.54) is 0 Å². The van der Waals surface area contributed by atoms with E-state index in [-0.39, 0.29) is 0 Å². The summed E-state index contributed by atoms with van der Waals surface area (Å²) < 4.78 is 11.4. The van der Waals surface area contributed by atoms with Gasteiger partial charge in [-0.1, -0.05) is 0 Å². The number of hydrogen-bond acceptors (Lipinski definition) is 2. The maximum atomic E-state index is 11.4. The molecule has 0 aliphatic carbocycles. The van der Waals surface area contributed by atoms with Gasteiger partial charge in [-0.05, 0) is 0 Å². The number of hydrogen-bond donors (Lipinski definition) is 3. The molecule has 0 spiro atoms. The minimum absolute atomic E-state index is 0.320. The molecule has 2 amide bonds. The first kappa shape index (κ1) is 9.16. The average Bonchev–Trinajstić information content (AvgIpc) is 1.87. The summed E-state index contributed by atoms with van der Waals surface area (Å²) in [5.74, 6) is 0. The van der Waals surface area contributed by atoms with E-state index in [9.17, 15) is 9.18 Å². The summed E-state index contributed by atoms with van der Waals surface area (Å²) in [5.41, 5.74) is 4.76. The smallest absolute Gasteiger partial charge is 0.312 e. The SMILES string of the molecule is NC(=O)NCCNCCF. The van der Waals surface area contributed by atoms with Crippen LogP contribution in [-0.4, -0.2) is 32.3 Å². The molecular weight excluding hydrogens is 137 g/mol. The van der Waals surface area contributed by atoms with Crippen molar-refractivity contribution in [2.75, 3.05) is 26.3 Å². The summed E-state index contributed by atoms with van der Waals surface area (Å²) in [7, 11) is 0. The molecule has 0 aliphatic rings. The van der Waals surface area contributed by atoms with Gasteiger partial charge >= 0.3 is 6.03 Å². The van der Waals surface area contributed by atoms with Gasteiger partial charge in [0.05, 0.1) is 0 Å². The quantitative estimate of drug-likeness (QED) is 0.448. The molecule has 5 heteroatoms. The topological polar surface area (TPSA) is 67.2 Å². The number of nitrogens with two attached hydrogens (primary N) is 1. The van der Waals surface area contributed by atoms with E-state index in [4.69, 9.17) is 5.73 Å². The maximum absolute atomic E-state index is 11.4. The molecule has 0 heterocycles. The van der Waals surface area contributed by atoms with E-state index in [2.05, 4.69) is 10.6 Å². The summed E-state index contributed by atoms with van der Waals surface area (Å²) in [6.45, 7) is 0.916. The third-order valence-electron chi connectivity index (χ3n) is 0.872. The van der Waals surface area contributed by atoms with Gasteiger partial charge in [-0.15, -0.1) is 0 Å². The molecule has 0 saturated heterocycles. The molecule has 10 heavy (non-hydrogen) atoms. The largest absolute Gasteiger partial charge is 0.352 e. The van der Waals surface area contributed by atoms with Crippen molar-refractivity contribution < 1.29 is 9.18 Å². The number of amides is 2. The van der Waals surface area contributed by atoms with Crippen molar-refractivity contribution >= 4 is 6.03 Å². The second-order valence-corrected chi connectivity index (χ2v) is 1.73. The number of urea groups is 1. The summed E-state index contributed by atoms with van der Waals surface area (Å²) in [6.07, 6.45) is 0. The Morgan fingerprint density at radius 2 is 2.10 bits per heavy atom. The van der Waals surface area contributed by atoms with Gasteiger partial charge in [0.2, 0.25) is 0 Å². The molecule has 0 aliphatic heterocycles. The maximum Gasteiger partial charge on any atom is 0.312 e. The van der Waals surface area contributed by atoms with Gasteiger partial charge < -0.3 is 16.4 Å². The van der Waals surface area contributed by atoms with Crippen LogP contribution in [0, 0.1) is 0 Å².